The van der Waals surface area contributed by atoms with Gasteiger partial charge < -0.3 is 10.0 Å². The van der Waals surface area contributed by atoms with E-state index in [-0.39, 0.29) is 24.4 Å². The van der Waals surface area contributed by atoms with Crippen molar-refractivity contribution in [3.05, 3.63) is 35.9 Å². The highest BCUT2D eigenvalue weighted by Crippen LogP contribution is 2.38. The number of carbonyl (C=O) groups is 2. The molecule has 2 fully saturated rings. The minimum absolute atomic E-state index is 0.0138. The quantitative estimate of drug-likeness (QED) is 0.909. The zero-order chi connectivity index (χ0) is 15.5. The summed E-state index contributed by atoms with van der Waals surface area (Å²) in [6.45, 7) is -0.137. The van der Waals surface area contributed by atoms with Gasteiger partial charge in [0.25, 0.3) is 0 Å². The first kappa shape index (κ1) is 15.1. The van der Waals surface area contributed by atoms with Crippen LogP contribution in [0.15, 0.2) is 30.3 Å². The lowest BCUT2D eigenvalue weighted by Gasteiger charge is -2.31. The summed E-state index contributed by atoms with van der Waals surface area (Å²) in [5.41, 5.74) is 1.36. The molecule has 1 aromatic rings. The van der Waals surface area contributed by atoms with Gasteiger partial charge in [-0.05, 0) is 50.0 Å². The van der Waals surface area contributed by atoms with Crippen LogP contribution in [0.3, 0.4) is 0 Å². The molecule has 118 valence electrons. The third-order valence-electron chi connectivity index (χ3n) is 4.92. The summed E-state index contributed by atoms with van der Waals surface area (Å²) in [5, 5.41) is 9.00. The first-order valence-electron chi connectivity index (χ1n) is 8.22. The van der Waals surface area contributed by atoms with Crippen LogP contribution in [-0.4, -0.2) is 34.5 Å². The SMILES string of the molecule is O=C(O)CN(C(=O)C1CCC(c2ccccc2)CC1)C1CC1. The van der Waals surface area contributed by atoms with Gasteiger partial charge in [-0.2, -0.15) is 0 Å². The van der Waals surface area contributed by atoms with Crippen molar-refractivity contribution in [1.29, 1.82) is 0 Å². The van der Waals surface area contributed by atoms with Crippen LogP contribution in [0.4, 0.5) is 0 Å². The Balaban J connectivity index is 1.58. The van der Waals surface area contributed by atoms with Crippen LogP contribution in [0.5, 0.6) is 0 Å². The molecule has 0 aliphatic heterocycles. The van der Waals surface area contributed by atoms with Gasteiger partial charge in [-0.15, -0.1) is 0 Å². The van der Waals surface area contributed by atoms with E-state index < -0.39 is 5.97 Å². The van der Waals surface area contributed by atoms with Gasteiger partial charge in [0.15, 0.2) is 0 Å². The first-order valence-corrected chi connectivity index (χ1v) is 8.22. The molecule has 1 N–H and O–H groups in total. The van der Waals surface area contributed by atoms with Crippen LogP contribution in [0, 0.1) is 5.92 Å². The summed E-state index contributed by atoms with van der Waals surface area (Å²) in [7, 11) is 0. The second kappa shape index (κ2) is 6.51. The van der Waals surface area contributed by atoms with Crippen LogP contribution in [0.2, 0.25) is 0 Å². The molecule has 0 saturated heterocycles. The van der Waals surface area contributed by atoms with Crippen molar-refractivity contribution in [2.45, 2.75) is 50.5 Å². The number of carbonyl (C=O) groups excluding carboxylic acids is 1. The molecule has 2 saturated carbocycles. The van der Waals surface area contributed by atoms with Gasteiger partial charge in [-0.25, -0.2) is 0 Å². The fourth-order valence-electron chi connectivity index (χ4n) is 3.55. The van der Waals surface area contributed by atoms with E-state index in [9.17, 15) is 9.59 Å². The third-order valence-corrected chi connectivity index (χ3v) is 4.92. The van der Waals surface area contributed by atoms with Crippen molar-refractivity contribution in [3.63, 3.8) is 0 Å². The minimum Gasteiger partial charge on any atom is -0.480 e. The molecule has 0 unspecified atom stereocenters. The molecule has 4 heteroatoms. The van der Waals surface area contributed by atoms with Gasteiger partial charge in [0, 0.05) is 12.0 Å². The van der Waals surface area contributed by atoms with E-state index in [0.717, 1.165) is 38.5 Å². The number of aliphatic carboxylic acids is 1. The van der Waals surface area contributed by atoms with Crippen molar-refractivity contribution >= 4 is 11.9 Å². The largest absolute Gasteiger partial charge is 0.480 e. The number of hydrogen-bond donors (Lipinski definition) is 1. The Morgan fingerprint density at radius 1 is 1.00 bits per heavy atom. The molecule has 0 aromatic heterocycles. The number of carboxylic acids is 1. The van der Waals surface area contributed by atoms with E-state index in [2.05, 4.69) is 24.3 Å². The van der Waals surface area contributed by atoms with Crippen LogP contribution in [-0.2, 0) is 9.59 Å². The van der Waals surface area contributed by atoms with E-state index in [0.29, 0.717) is 5.92 Å². The van der Waals surface area contributed by atoms with Gasteiger partial charge in [0.1, 0.15) is 6.54 Å². The van der Waals surface area contributed by atoms with Crippen LogP contribution >= 0.6 is 0 Å². The summed E-state index contributed by atoms with van der Waals surface area (Å²) in [6.07, 6.45) is 5.71. The predicted molar refractivity (Wildman–Crippen MR) is 83.5 cm³/mol. The summed E-state index contributed by atoms with van der Waals surface area (Å²) in [4.78, 5) is 25.2. The van der Waals surface area contributed by atoms with Gasteiger partial charge in [-0.1, -0.05) is 30.3 Å². The van der Waals surface area contributed by atoms with E-state index in [1.807, 2.05) is 6.07 Å². The molecule has 2 aliphatic carbocycles. The summed E-state index contributed by atoms with van der Waals surface area (Å²) >= 11 is 0. The van der Waals surface area contributed by atoms with Crippen LogP contribution in [0.25, 0.3) is 0 Å². The first-order chi connectivity index (χ1) is 10.6. The third kappa shape index (κ3) is 3.49. The van der Waals surface area contributed by atoms with Gasteiger partial charge >= 0.3 is 5.97 Å². The fourth-order valence-corrected chi connectivity index (χ4v) is 3.55. The molecule has 1 aromatic carbocycles. The molecular weight excluding hydrogens is 278 g/mol. The Morgan fingerprint density at radius 3 is 2.18 bits per heavy atom. The van der Waals surface area contributed by atoms with E-state index >= 15 is 0 Å². The lowest BCUT2D eigenvalue weighted by atomic mass is 9.78. The smallest absolute Gasteiger partial charge is 0.323 e. The minimum atomic E-state index is -0.904. The zero-order valence-electron chi connectivity index (χ0n) is 12.8. The highest BCUT2D eigenvalue weighted by molar-refractivity contribution is 5.83. The number of nitrogens with zero attached hydrogens (tertiary/aromatic N) is 1. The molecule has 22 heavy (non-hydrogen) atoms. The Morgan fingerprint density at radius 2 is 1.64 bits per heavy atom. The summed E-state index contributed by atoms with van der Waals surface area (Å²) in [6, 6.07) is 10.7. The van der Waals surface area contributed by atoms with Crippen molar-refractivity contribution < 1.29 is 14.7 Å². The normalized spacial score (nSPS) is 24.7. The highest BCUT2D eigenvalue weighted by Gasteiger charge is 2.38. The lowest BCUT2D eigenvalue weighted by molar-refractivity contribution is -0.147. The van der Waals surface area contributed by atoms with Crippen molar-refractivity contribution in [1.82, 2.24) is 4.90 Å². The average Bonchev–Trinajstić information content (AvgIpc) is 3.38. The topological polar surface area (TPSA) is 57.6 Å². The molecule has 4 nitrogen and oxygen atoms in total. The maximum Gasteiger partial charge on any atom is 0.323 e. The molecule has 2 aliphatic rings. The Bertz CT molecular complexity index is 531. The second-order valence-electron chi connectivity index (χ2n) is 6.55. The number of hydrogen-bond acceptors (Lipinski definition) is 2. The van der Waals surface area contributed by atoms with Gasteiger partial charge in [0.05, 0.1) is 0 Å². The Hall–Kier alpha value is -1.84. The van der Waals surface area contributed by atoms with Gasteiger partial charge in [0.2, 0.25) is 5.91 Å². The number of amides is 1. The van der Waals surface area contributed by atoms with E-state index in [1.165, 1.54) is 5.56 Å². The summed E-state index contributed by atoms with van der Waals surface area (Å²) < 4.78 is 0. The molecule has 0 heterocycles. The zero-order valence-corrected chi connectivity index (χ0v) is 12.8. The molecular formula is C18H23NO3. The Labute approximate surface area is 131 Å². The molecule has 0 bridgehead atoms. The van der Waals surface area contributed by atoms with Crippen molar-refractivity contribution in [3.8, 4) is 0 Å². The number of carboxylic acid groups (broad SMARTS) is 1. The maximum atomic E-state index is 12.6. The standard InChI is InChI=1S/C18H23NO3/c20-17(21)12-19(16-10-11-16)18(22)15-8-6-14(7-9-15)13-4-2-1-3-5-13/h1-5,14-16H,6-12H2,(H,20,21). The maximum absolute atomic E-state index is 12.6. The second-order valence-corrected chi connectivity index (χ2v) is 6.55. The molecule has 3 rings (SSSR count). The molecule has 0 spiro atoms. The molecule has 0 radical (unpaired) electrons. The van der Waals surface area contributed by atoms with Crippen LogP contribution in [0.1, 0.15) is 50.0 Å². The highest BCUT2D eigenvalue weighted by atomic mass is 16.4. The fraction of sp³-hybridized carbons (Fsp3) is 0.556. The van der Waals surface area contributed by atoms with E-state index in [4.69, 9.17) is 5.11 Å². The lowest BCUT2D eigenvalue weighted by Crippen LogP contribution is -2.42. The average molecular weight is 301 g/mol. The monoisotopic (exact) mass is 301 g/mol. The van der Waals surface area contributed by atoms with Crippen molar-refractivity contribution in [2.24, 2.45) is 5.92 Å². The van der Waals surface area contributed by atoms with Crippen LogP contribution < -0.4 is 0 Å². The van der Waals surface area contributed by atoms with Crippen molar-refractivity contribution in [2.75, 3.05) is 6.54 Å². The Kier molecular flexibility index (Phi) is 4.46. The number of rotatable bonds is 5. The summed E-state index contributed by atoms with van der Waals surface area (Å²) in [5.74, 6) is -0.284. The van der Waals surface area contributed by atoms with E-state index in [1.54, 1.807) is 4.90 Å². The van der Waals surface area contributed by atoms with Gasteiger partial charge in [-0.3, -0.25) is 9.59 Å². The predicted octanol–water partition coefficient (Wildman–Crippen LogP) is 3.04. The molecule has 0 atom stereocenters. The molecule has 1 amide bonds. The number of benzene rings is 1.